The summed E-state index contributed by atoms with van der Waals surface area (Å²) in [4.78, 5) is 28.9. The zero-order valence-electron chi connectivity index (χ0n) is 17.9. The third-order valence-electron chi connectivity index (χ3n) is 6.19. The molecule has 0 radical (unpaired) electrons. The molecule has 1 aliphatic carbocycles. The van der Waals surface area contributed by atoms with Gasteiger partial charge in [0.2, 0.25) is 5.91 Å². The van der Waals surface area contributed by atoms with Gasteiger partial charge in [-0.3, -0.25) is 9.78 Å². The molecule has 0 spiro atoms. The van der Waals surface area contributed by atoms with Gasteiger partial charge in [-0.25, -0.2) is 9.18 Å². The summed E-state index contributed by atoms with van der Waals surface area (Å²) in [5.41, 5.74) is 1.43. The van der Waals surface area contributed by atoms with Crippen LogP contribution >= 0.6 is 11.6 Å². The summed E-state index contributed by atoms with van der Waals surface area (Å²) >= 11 is 5.83. The maximum absolute atomic E-state index is 14.2. The summed E-state index contributed by atoms with van der Waals surface area (Å²) in [6, 6.07) is 3.42. The van der Waals surface area contributed by atoms with E-state index < -0.39 is 36.0 Å². The number of pyridine rings is 1. The highest BCUT2D eigenvalue weighted by atomic mass is 35.5. The maximum Gasteiger partial charge on any atom is 0.414 e. The second-order valence-corrected chi connectivity index (χ2v) is 8.91. The fourth-order valence-electron chi connectivity index (χ4n) is 4.41. The molecule has 2 atom stereocenters. The Hall–Kier alpha value is -3.08. The van der Waals surface area contributed by atoms with Crippen LogP contribution in [0.2, 0.25) is 5.02 Å². The van der Waals surface area contributed by atoms with E-state index in [1.54, 1.807) is 6.07 Å². The van der Waals surface area contributed by atoms with Crippen molar-refractivity contribution >= 4 is 29.3 Å². The van der Waals surface area contributed by atoms with Crippen molar-refractivity contribution in [1.82, 2.24) is 14.8 Å². The minimum atomic E-state index is -4.79. The standard InChI is InChI=1S/C22H21ClF4N4O3/c1-30(20(32)12-9-31(10-12)21(33)34)19(22(25,26)27)17-5-3-13(8-28-17)29-14-6-11-2-4-16(23)18(24)15(11)7-14/h2-5,8,12,14,19,29H,6-7,9-10H2,1H3,(H,33,34). The SMILES string of the molecule is CN(C(=O)C1CN(C(=O)O)C1)C(c1ccc(NC2Cc3ccc(Cl)c(F)c3C2)cn1)C(F)(F)F. The Morgan fingerprint density at radius 2 is 1.94 bits per heavy atom. The summed E-state index contributed by atoms with van der Waals surface area (Å²) in [5, 5.41) is 12.1. The van der Waals surface area contributed by atoms with Crippen molar-refractivity contribution in [3.05, 3.63) is 58.1 Å². The van der Waals surface area contributed by atoms with Crippen LogP contribution in [-0.2, 0) is 17.6 Å². The summed E-state index contributed by atoms with van der Waals surface area (Å²) in [6.07, 6.45) is -3.86. The fourth-order valence-corrected chi connectivity index (χ4v) is 4.59. The molecule has 0 saturated carbocycles. The van der Waals surface area contributed by atoms with Gasteiger partial charge in [0.1, 0.15) is 5.82 Å². The molecule has 2 aromatic rings. The first kappa shape index (κ1) is 24.1. The van der Waals surface area contributed by atoms with Crippen LogP contribution in [-0.4, -0.2) is 64.2 Å². The number of hydrogen-bond acceptors (Lipinski definition) is 4. The number of carboxylic acid groups (broad SMARTS) is 1. The number of hydrogen-bond donors (Lipinski definition) is 2. The van der Waals surface area contributed by atoms with E-state index >= 15 is 0 Å². The van der Waals surface area contributed by atoms with Gasteiger partial charge >= 0.3 is 12.3 Å². The van der Waals surface area contributed by atoms with Gasteiger partial charge < -0.3 is 20.2 Å². The van der Waals surface area contributed by atoms with Crippen molar-refractivity contribution in [2.24, 2.45) is 5.92 Å². The molecule has 4 rings (SSSR count). The molecule has 2 heterocycles. The van der Waals surface area contributed by atoms with Gasteiger partial charge in [0, 0.05) is 26.2 Å². The molecule has 1 aromatic heterocycles. The highest BCUT2D eigenvalue weighted by molar-refractivity contribution is 6.30. The van der Waals surface area contributed by atoms with E-state index in [-0.39, 0.29) is 29.8 Å². The van der Waals surface area contributed by atoms with E-state index in [2.05, 4.69) is 10.3 Å². The molecule has 34 heavy (non-hydrogen) atoms. The van der Waals surface area contributed by atoms with Crippen molar-refractivity contribution < 1.29 is 32.3 Å². The van der Waals surface area contributed by atoms with Crippen molar-refractivity contribution in [2.45, 2.75) is 31.1 Å². The lowest BCUT2D eigenvalue weighted by Gasteiger charge is -2.40. The molecule has 1 aromatic carbocycles. The molecule has 182 valence electrons. The van der Waals surface area contributed by atoms with Gasteiger partial charge in [-0.15, -0.1) is 0 Å². The summed E-state index contributed by atoms with van der Waals surface area (Å²) in [7, 11) is 1.03. The molecule has 2 aliphatic rings. The topological polar surface area (TPSA) is 85.8 Å². The Morgan fingerprint density at radius 3 is 2.53 bits per heavy atom. The molecular weight excluding hydrogens is 480 g/mol. The van der Waals surface area contributed by atoms with Crippen LogP contribution in [0.15, 0.2) is 30.5 Å². The number of fused-ring (bicyclic) bond motifs is 1. The quantitative estimate of drug-likeness (QED) is 0.603. The Kier molecular flexibility index (Phi) is 6.32. The number of halogens is 5. The summed E-state index contributed by atoms with van der Waals surface area (Å²) in [5.74, 6) is -2.09. The van der Waals surface area contributed by atoms with Crippen LogP contribution in [0.4, 0.5) is 28.0 Å². The predicted octanol–water partition coefficient (Wildman–Crippen LogP) is 4.13. The molecule has 1 saturated heterocycles. The molecule has 12 heteroatoms. The second-order valence-electron chi connectivity index (χ2n) is 8.50. The summed E-state index contributed by atoms with van der Waals surface area (Å²) in [6.45, 7) is -0.288. The number of carbonyl (C=O) groups excluding carboxylic acids is 1. The van der Waals surface area contributed by atoms with Gasteiger partial charge in [0.05, 0.1) is 28.5 Å². The van der Waals surface area contributed by atoms with Crippen LogP contribution in [0, 0.1) is 11.7 Å². The molecule has 0 bridgehead atoms. The largest absolute Gasteiger partial charge is 0.465 e. The Bertz CT molecular complexity index is 1110. The highest BCUT2D eigenvalue weighted by Crippen LogP contribution is 2.38. The van der Waals surface area contributed by atoms with E-state index in [9.17, 15) is 27.2 Å². The molecule has 1 fully saturated rings. The van der Waals surface area contributed by atoms with Gasteiger partial charge in [0.15, 0.2) is 6.04 Å². The number of carbonyl (C=O) groups is 2. The van der Waals surface area contributed by atoms with Crippen molar-refractivity contribution in [3.8, 4) is 0 Å². The number of rotatable bonds is 5. The number of likely N-dealkylation sites (tertiary alicyclic amines) is 1. The number of alkyl halides is 3. The van der Waals surface area contributed by atoms with Crippen molar-refractivity contribution in [1.29, 1.82) is 0 Å². The first-order valence-corrected chi connectivity index (χ1v) is 10.8. The van der Waals surface area contributed by atoms with Crippen LogP contribution in [0.5, 0.6) is 0 Å². The molecule has 2 N–H and O–H groups in total. The Balaban J connectivity index is 1.45. The van der Waals surface area contributed by atoms with Crippen LogP contribution in [0.25, 0.3) is 0 Å². The molecule has 1 aliphatic heterocycles. The lowest BCUT2D eigenvalue weighted by atomic mass is 9.98. The average Bonchev–Trinajstić information content (AvgIpc) is 3.13. The number of nitrogens with zero attached hydrogens (tertiary/aromatic N) is 3. The number of aromatic nitrogens is 1. The normalized spacial score (nSPS) is 18.8. The molecule has 2 unspecified atom stereocenters. The first-order valence-electron chi connectivity index (χ1n) is 10.4. The predicted molar refractivity (Wildman–Crippen MR) is 115 cm³/mol. The van der Waals surface area contributed by atoms with E-state index in [0.717, 1.165) is 17.5 Å². The lowest BCUT2D eigenvalue weighted by molar-refractivity contribution is -0.193. The van der Waals surface area contributed by atoms with Crippen molar-refractivity contribution in [2.75, 3.05) is 25.5 Å². The first-order chi connectivity index (χ1) is 16.0. The van der Waals surface area contributed by atoms with Gasteiger partial charge in [-0.1, -0.05) is 17.7 Å². The lowest BCUT2D eigenvalue weighted by Crippen LogP contribution is -2.56. The summed E-state index contributed by atoms with van der Waals surface area (Å²) < 4.78 is 55.8. The van der Waals surface area contributed by atoms with Crippen LogP contribution < -0.4 is 5.32 Å². The van der Waals surface area contributed by atoms with Gasteiger partial charge in [0.25, 0.3) is 0 Å². The monoisotopic (exact) mass is 500 g/mol. The molecular formula is C22H21ClF4N4O3. The minimum absolute atomic E-state index is 0.0415. The third kappa shape index (κ3) is 4.61. The zero-order valence-corrected chi connectivity index (χ0v) is 18.7. The zero-order chi connectivity index (χ0) is 24.8. The number of benzene rings is 1. The van der Waals surface area contributed by atoms with E-state index in [1.807, 2.05) is 0 Å². The minimum Gasteiger partial charge on any atom is -0.465 e. The smallest absolute Gasteiger partial charge is 0.414 e. The second kappa shape index (κ2) is 8.94. The highest BCUT2D eigenvalue weighted by Gasteiger charge is 2.49. The van der Waals surface area contributed by atoms with Gasteiger partial charge in [-0.05, 0) is 42.2 Å². The Morgan fingerprint density at radius 1 is 1.24 bits per heavy atom. The third-order valence-corrected chi connectivity index (χ3v) is 6.49. The average molecular weight is 501 g/mol. The fraction of sp³-hybridized carbons (Fsp3) is 0.409. The number of anilines is 1. The Labute approximate surface area is 197 Å². The van der Waals surface area contributed by atoms with E-state index in [4.69, 9.17) is 16.7 Å². The van der Waals surface area contributed by atoms with E-state index in [0.29, 0.717) is 29.0 Å². The van der Waals surface area contributed by atoms with E-state index in [1.165, 1.54) is 24.4 Å². The van der Waals surface area contributed by atoms with Crippen LogP contribution in [0.1, 0.15) is 22.9 Å². The van der Waals surface area contributed by atoms with Crippen LogP contribution in [0.3, 0.4) is 0 Å². The van der Waals surface area contributed by atoms with Crippen molar-refractivity contribution in [3.63, 3.8) is 0 Å². The molecule has 7 nitrogen and oxygen atoms in total. The maximum atomic E-state index is 14.2. The molecule has 2 amide bonds. The number of amides is 2. The number of nitrogens with one attached hydrogen (secondary N) is 1. The van der Waals surface area contributed by atoms with Gasteiger partial charge in [-0.2, -0.15) is 13.2 Å².